The molecule has 2 fully saturated rings. The van der Waals surface area contributed by atoms with Crippen LogP contribution >= 0.6 is 15.9 Å². The highest BCUT2D eigenvalue weighted by Crippen LogP contribution is 2.36. The van der Waals surface area contributed by atoms with Gasteiger partial charge < -0.3 is 15.0 Å². The van der Waals surface area contributed by atoms with Gasteiger partial charge in [0.05, 0.1) is 34.3 Å². The standard InChI is InChI=1S/C27H25BrN6O3/c1-16-23(28)24(18-9-11-33(12-10-18)26(35)22-15-30-27(36)37-22)32-25-20(14-31-34(16)25)19-7-8-21(29-13-19)17-5-3-2-4-6-17/h2-8,13-14,18,22H,9-12,15H2,1H3,(H,30,36). The van der Waals surface area contributed by atoms with Crippen LogP contribution in [0.2, 0.25) is 0 Å². The number of cyclic esters (lactones) is 1. The van der Waals surface area contributed by atoms with E-state index in [2.05, 4.69) is 37.4 Å². The average Bonchev–Trinajstić information content (AvgIpc) is 3.57. The van der Waals surface area contributed by atoms with E-state index in [0.29, 0.717) is 13.1 Å². The van der Waals surface area contributed by atoms with Crippen molar-refractivity contribution in [2.75, 3.05) is 19.6 Å². The van der Waals surface area contributed by atoms with Crippen molar-refractivity contribution in [3.8, 4) is 22.4 Å². The number of halogens is 1. The number of aromatic nitrogens is 4. The highest BCUT2D eigenvalue weighted by Gasteiger charge is 2.35. The van der Waals surface area contributed by atoms with Crippen molar-refractivity contribution >= 4 is 33.6 Å². The molecule has 0 aliphatic carbocycles. The van der Waals surface area contributed by atoms with Gasteiger partial charge in [-0.05, 0) is 41.8 Å². The van der Waals surface area contributed by atoms with E-state index in [9.17, 15) is 9.59 Å². The number of carbonyl (C=O) groups excluding carboxylic acids is 2. The minimum atomic E-state index is -0.733. The van der Waals surface area contributed by atoms with Gasteiger partial charge in [0.15, 0.2) is 11.8 Å². The first kappa shape index (κ1) is 23.6. The number of carbonyl (C=O) groups is 2. The molecule has 0 saturated carbocycles. The van der Waals surface area contributed by atoms with Crippen molar-refractivity contribution in [2.24, 2.45) is 0 Å². The van der Waals surface area contributed by atoms with Gasteiger partial charge >= 0.3 is 6.09 Å². The van der Waals surface area contributed by atoms with E-state index in [4.69, 9.17) is 9.72 Å². The third kappa shape index (κ3) is 4.35. The summed E-state index contributed by atoms with van der Waals surface area (Å²) >= 11 is 3.76. The van der Waals surface area contributed by atoms with Gasteiger partial charge in [0.1, 0.15) is 0 Å². The molecule has 5 heterocycles. The van der Waals surface area contributed by atoms with Crippen LogP contribution in [0.15, 0.2) is 59.3 Å². The largest absolute Gasteiger partial charge is 0.434 e. The summed E-state index contributed by atoms with van der Waals surface area (Å²) in [5, 5.41) is 7.15. The Bertz CT molecular complexity index is 1480. The van der Waals surface area contributed by atoms with Crippen LogP contribution in [-0.2, 0) is 9.53 Å². The van der Waals surface area contributed by atoms with Crippen LogP contribution in [0.4, 0.5) is 4.79 Å². The Morgan fingerprint density at radius 3 is 2.54 bits per heavy atom. The normalized spacial score (nSPS) is 18.2. The molecule has 6 rings (SSSR count). The third-order valence-electron chi connectivity index (χ3n) is 7.12. The summed E-state index contributed by atoms with van der Waals surface area (Å²) in [5.41, 5.74) is 6.60. The maximum Gasteiger partial charge on any atom is 0.408 e. The van der Waals surface area contributed by atoms with Gasteiger partial charge in [-0.2, -0.15) is 5.10 Å². The maximum absolute atomic E-state index is 12.7. The smallest absolute Gasteiger partial charge is 0.408 e. The van der Waals surface area contributed by atoms with Crippen molar-refractivity contribution in [1.29, 1.82) is 0 Å². The Balaban J connectivity index is 1.25. The lowest BCUT2D eigenvalue weighted by atomic mass is 9.92. The van der Waals surface area contributed by atoms with Crippen LogP contribution in [0.1, 0.15) is 30.1 Å². The van der Waals surface area contributed by atoms with Gasteiger partial charge in [0.25, 0.3) is 5.91 Å². The Hall–Kier alpha value is -3.79. The summed E-state index contributed by atoms with van der Waals surface area (Å²) in [6, 6.07) is 14.2. The number of hydrogen-bond acceptors (Lipinski definition) is 6. The van der Waals surface area contributed by atoms with Crippen molar-refractivity contribution in [2.45, 2.75) is 31.8 Å². The fourth-order valence-corrected chi connectivity index (χ4v) is 5.63. The van der Waals surface area contributed by atoms with E-state index >= 15 is 0 Å². The Morgan fingerprint density at radius 2 is 1.86 bits per heavy atom. The van der Waals surface area contributed by atoms with E-state index in [-0.39, 0.29) is 18.4 Å². The Morgan fingerprint density at radius 1 is 1.08 bits per heavy atom. The molecule has 2 aliphatic heterocycles. The van der Waals surface area contributed by atoms with Gasteiger partial charge in [-0.1, -0.05) is 36.4 Å². The fourth-order valence-electron chi connectivity index (χ4n) is 5.05. The SMILES string of the molecule is Cc1c(Br)c(C2CCN(C(=O)C3CNC(=O)O3)CC2)nc2c(-c3ccc(-c4ccccc4)nc3)cnn12. The summed E-state index contributed by atoms with van der Waals surface area (Å²) in [5.74, 6) is 0.0488. The van der Waals surface area contributed by atoms with Crippen molar-refractivity contribution in [1.82, 2.24) is 29.8 Å². The van der Waals surface area contributed by atoms with E-state index in [1.165, 1.54) is 0 Å². The summed E-state index contributed by atoms with van der Waals surface area (Å²) in [6.45, 7) is 3.43. The van der Waals surface area contributed by atoms with E-state index in [1.807, 2.05) is 60.2 Å². The molecule has 0 bridgehead atoms. The molecule has 2 amide bonds. The molecule has 0 spiro atoms. The predicted octanol–water partition coefficient (Wildman–Crippen LogP) is 4.34. The zero-order valence-corrected chi connectivity index (χ0v) is 21.8. The molecule has 188 valence electrons. The second-order valence-electron chi connectivity index (χ2n) is 9.36. The lowest BCUT2D eigenvalue weighted by Crippen LogP contribution is -2.44. The monoisotopic (exact) mass is 560 g/mol. The molecule has 1 N–H and O–H groups in total. The predicted molar refractivity (Wildman–Crippen MR) is 141 cm³/mol. The topological polar surface area (TPSA) is 102 Å². The molecule has 0 radical (unpaired) electrons. The Labute approximate surface area is 222 Å². The highest BCUT2D eigenvalue weighted by molar-refractivity contribution is 9.10. The van der Waals surface area contributed by atoms with Crippen LogP contribution in [-0.4, -0.2) is 62.2 Å². The second kappa shape index (κ2) is 9.59. The summed E-state index contributed by atoms with van der Waals surface area (Å²) < 4.78 is 7.87. The molecule has 37 heavy (non-hydrogen) atoms. The lowest BCUT2D eigenvalue weighted by molar-refractivity contribution is -0.139. The minimum absolute atomic E-state index is 0.139. The van der Waals surface area contributed by atoms with Crippen LogP contribution in [0.3, 0.4) is 0 Å². The number of nitrogens with zero attached hydrogens (tertiary/aromatic N) is 5. The molecule has 2 aliphatic rings. The van der Waals surface area contributed by atoms with Crippen LogP contribution in [0.5, 0.6) is 0 Å². The number of nitrogens with one attached hydrogen (secondary N) is 1. The molecule has 3 aromatic heterocycles. The Kier molecular flexibility index (Phi) is 6.11. The highest BCUT2D eigenvalue weighted by atomic mass is 79.9. The zero-order chi connectivity index (χ0) is 25.5. The van der Waals surface area contributed by atoms with Crippen LogP contribution in [0, 0.1) is 6.92 Å². The number of rotatable bonds is 4. The molecule has 1 atom stereocenters. The van der Waals surface area contributed by atoms with Crippen molar-refractivity contribution < 1.29 is 14.3 Å². The van der Waals surface area contributed by atoms with Crippen molar-refractivity contribution in [3.63, 3.8) is 0 Å². The average molecular weight is 561 g/mol. The molecule has 4 aromatic rings. The van der Waals surface area contributed by atoms with Gasteiger partial charge in [-0.25, -0.2) is 14.3 Å². The van der Waals surface area contributed by atoms with Gasteiger partial charge in [0.2, 0.25) is 0 Å². The molecule has 1 unspecified atom stereocenters. The van der Waals surface area contributed by atoms with E-state index in [0.717, 1.165) is 56.7 Å². The van der Waals surface area contributed by atoms with Crippen LogP contribution < -0.4 is 5.32 Å². The minimum Gasteiger partial charge on any atom is -0.434 e. The lowest BCUT2D eigenvalue weighted by Gasteiger charge is -2.33. The number of likely N-dealkylation sites (tertiary alicyclic amines) is 1. The number of pyridine rings is 1. The molecular weight excluding hydrogens is 536 g/mol. The first-order chi connectivity index (χ1) is 18.0. The number of piperidine rings is 1. The number of benzene rings is 1. The summed E-state index contributed by atoms with van der Waals surface area (Å²) in [6.07, 6.45) is 3.99. The molecule has 9 nitrogen and oxygen atoms in total. The second-order valence-corrected chi connectivity index (χ2v) is 10.2. The number of aryl methyl sites for hydroxylation is 1. The number of alkyl carbamates (subject to hydrolysis) is 1. The van der Waals surface area contributed by atoms with Crippen LogP contribution in [0.25, 0.3) is 28.0 Å². The van der Waals surface area contributed by atoms with E-state index in [1.54, 1.807) is 4.90 Å². The third-order valence-corrected chi connectivity index (χ3v) is 8.10. The number of hydrogen-bond donors (Lipinski definition) is 1. The summed E-state index contributed by atoms with van der Waals surface area (Å²) in [4.78, 5) is 35.6. The molecule has 2 saturated heterocycles. The number of amides is 2. The van der Waals surface area contributed by atoms with Gasteiger partial charge in [-0.15, -0.1) is 0 Å². The van der Waals surface area contributed by atoms with Gasteiger partial charge in [0, 0.05) is 41.9 Å². The zero-order valence-electron chi connectivity index (χ0n) is 20.2. The number of ether oxygens (including phenoxy) is 1. The molecule has 10 heteroatoms. The number of fused-ring (bicyclic) bond motifs is 1. The first-order valence-corrected chi connectivity index (χ1v) is 13.1. The maximum atomic E-state index is 12.7. The fraction of sp³-hybridized carbons (Fsp3) is 0.296. The summed E-state index contributed by atoms with van der Waals surface area (Å²) in [7, 11) is 0. The first-order valence-electron chi connectivity index (χ1n) is 12.3. The van der Waals surface area contributed by atoms with E-state index < -0.39 is 12.2 Å². The molecular formula is C27H25BrN6O3. The quantitative estimate of drug-likeness (QED) is 0.398. The van der Waals surface area contributed by atoms with Crippen molar-refractivity contribution in [3.05, 3.63) is 70.7 Å². The van der Waals surface area contributed by atoms with Gasteiger partial charge in [-0.3, -0.25) is 9.78 Å². The molecule has 1 aromatic carbocycles.